The fraction of sp³-hybridized carbons (Fsp3) is 1.00. The topological polar surface area (TPSA) is 12.0 Å². The Morgan fingerprint density at radius 1 is 1.55 bits per heavy atom. The molecular weight excluding hydrogens is 194 g/mol. The zero-order valence-corrected chi connectivity index (χ0v) is 9.70. The molecule has 0 aromatic rings. The third-order valence-electron chi connectivity index (χ3n) is 1.53. The minimum atomic E-state index is 0.655. The molecule has 0 radical (unpaired) electrons. The molecule has 68 valence electrons. The van der Waals surface area contributed by atoms with Crippen molar-refractivity contribution < 1.29 is 0 Å². The lowest BCUT2D eigenvalue weighted by Crippen LogP contribution is -2.24. The summed E-state index contributed by atoms with van der Waals surface area (Å²) in [4.78, 5) is 0. The molecule has 0 heterocycles. The molecule has 0 unspecified atom stereocenters. The van der Waals surface area contributed by atoms with Gasteiger partial charge in [-0.2, -0.15) is 0 Å². The van der Waals surface area contributed by atoms with Crippen molar-refractivity contribution in [2.45, 2.75) is 39.2 Å². The Balaban J connectivity index is 3.02. The summed E-state index contributed by atoms with van der Waals surface area (Å²) in [6.45, 7) is 4.46. The number of thiol groups is 1. The predicted octanol–water partition coefficient (Wildman–Crippen LogP) is 3.34. The van der Waals surface area contributed by atoms with E-state index in [1.165, 1.54) is 29.1 Å². The Labute approximate surface area is 82.7 Å². The van der Waals surface area contributed by atoms with E-state index in [4.69, 9.17) is 0 Å². The van der Waals surface area contributed by atoms with E-state index in [0.29, 0.717) is 6.04 Å². The van der Waals surface area contributed by atoms with Crippen molar-refractivity contribution in [1.82, 2.24) is 5.32 Å². The van der Waals surface area contributed by atoms with Crippen molar-refractivity contribution in [1.29, 1.82) is 0 Å². The maximum absolute atomic E-state index is 4.03. The number of nitrogens with one attached hydrogen (secondary N) is 1. The Bertz CT molecular complexity index is 80.1. The van der Waals surface area contributed by atoms with Crippen LogP contribution in [0.4, 0.5) is 0 Å². The summed E-state index contributed by atoms with van der Waals surface area (Å²) in [5.74, 6) is 0.999. The molecule has 0 saturated heterocycles. The number of hydrogen-bond acceptors (Lipinski definition) is 4. The standard InChI is InChI=1S/C7H17NS3/c1-3-4-5-7(2)8-6-10-11-9/h7-9H,3-6H2,1-2H3/t7-/m1/s1. The first-order chi connectivity index (χ1) is 5.31. The fourth-order valence-electron chi connectivity index (χ4n) is 0.815. The number of rotatable bonds is 7. The molecule has 0 aliphatic carbocycles. The maximum Gasteiger partial charge on any atom is 0.0533 e. The molecule has 4 heteroatoms. The van der Waals surface area contributed by atoms with E-state index < -0.39 is 0 Å². The highest BCUT2D eigenvalue weighted by atomic mass is 33.5. The smallest absolute Gasteiger partial charge is 0.0533 e. The van der Waals surface area contributed by atoms with Crippen LogP contribution in [-0.4, -0.2) is 11.9 Å². The van der Waals surface area contributed by atoms with E-state index in [1.807, 2.05) is 0 Å². The Hall–Kier alpha value is 1.01. The first-order valence-electron chi connectivity index (χ1n) is 3.97. The van der Waals surface area contributed by atoms with Gasteiger partial charge in [-0.15, -0.1) is 0 Å². The van der Waals surface area contributed by atoms with Crippen LogP contribution in [0.5, 0.6) is 0 Å². The molecule has 0 aliphatic heterocycles. The van der Waals surface area contributed by atoms with Crippen LogP contribution in [0.25, 0.3) is 0 Å². The Morgan fingerprint density at radius 2 is 2.27 bits per heavy atom. The molecule has 1 N–H and O–H groups in total. The zero-order chi connectivity index (χ0) is 8.53. The van der Waals surface area contributed by atoms with Gasteiger partial charge in [0.1, 0.15) is 0 Å². The van der Waals surface area contributed by atoms with Crippen molar-refractivity contribution in [3.8, 4) is 0 Å². The van der Waals surface area contributed by atoms with Crippen LogP contribution in [-0.2, 0) is 0 Å². The van der Waals surface area contributed by atoms with E-state index in [0.717, 1.165) is 5.88 Å². The van der Waals surface area contributed by atoms with Gasteiger partial charge in [0.2, 0.25) is 0 Å². The van der Waals surface area contributed by atoms with Gasteiger partial charge in [0.05, 0.1) is 5.88 Å². The largest absolute Gasteiger partial charge is 0.305 e. The van der Waals surface area contributed by atoms with Gasteiger partial charge in [0.15, 0.2) is 0 Å². The van der Waals surface area contributed by atoms with Gasteiger partial charge in [-0.05, 0) is 23.2 Å². The fourth-order valence-corrected chi connectivity index (χ4v) is 2.06. The van der Waals surface area contributed by atoms with Gasteiger partial charge >= 0.3 is 0 Å². The summed E-state index contributed by atoms with van der Waals surface area (Å²) >= 11 is 4.03. The van der Waals surface area contributed by atoms with Crippen LogP contribution < -0.4 is 5.32 Å². The summed E-state index contributed by atoms with van der Waals surface area (Å²) in [5, 5.41) is 3.41. The van der Waals surface area contributed by atoms with Gasteiger partial charge < -0.3 is 5.32 Å². The van der Waals surface area contributed by atoms with Gasteiger partial charge in [0.25, 0.3) is 0 Å². The minimum absolute atomic E-state index is 0.655. The van der Waals surface area contributed by atoms with Gasteiger partial charge in [-0.25, -0.2) is 0 Å². The van der Waals surface area contributed by atoms with Crippen LogP contribution in [0.15, 0.2) is 0 Å². The number of unbranched alkanes of at least 4 members (excludes halogenated alkanes) is 1. The highest BCUT2D eigenvalue weighted by Gasteiger charge is 1.98. The van der Waals surface area contributed by atoms with E-state index in [9.17, 15) is 0 Å². The molecular formula is C7H17NS3. The molecule has 0 aromatic carbocycles. The van der Waals surface area contributed by atoms with E-state index in [1.54, 1.807) is 10.8 Å². The second kappa shape index (κ2) is 9.10. The molecule has 0 fully saturated rings. The highest BCUT2D eigenvalue weighted by Crippen LogP contribution is 2.23. The molecule has 0 saturated carbocycles. The second-order valence-electron chi connectivity index (χ2n) is 2.58. The molecule has 1 nitrogen and oxygen atoms in total. The van der Waals surface area contributed by atoms with Crippen molar-refractivity contribution in [3.05, 3.63) is 0 Å². The summed E-state index contributed by atoms with van der Waals surface area (Å²) in [6, 6.07) is 0.655. The van der Waals surface area contributed by atoms with Crippen LogP contribution >= 0.6 is 32.3 Å². The van der Waals surface area contributed by atoms with Gasteiger partial charge in [-0.3, -0.25) is 0 Å². The van der Waals surface area contributed by atoms with Crippen molar-refractivity contribution in [2.24, 2.45) is 0 Å². The van der Waals surface area contributed by atoms with E-state index in [2.05, 4.69) is 30.8 Å². The van der Waals surface area contributed by atoms with E-state index >= 15 is 0 Å². The molecule has 0 aromatic heterocycles. The molecule has 11 heavy (non-hydrogen) atoms. The monoisotopic (exact) mass is 211 g/mol. The number of hydrogen-bond donors (Lipinski definition) is 2. The first kappa shape index (κ1) is 12.0. The van der Waals surface area contributed by atoms with Gasteiger partial charge in [0, 0.05) is 6.04 Å². The van der Waals surface area contributed by atoms with Crippen LogP contribution in [0.3, 0.4) is 0 Å². The van der Waals surface area contributed by atoms with Crippen LogP contribution in [0.1, 0.15) is 33.1 Å². The van der Waals surface area contributed by atoms with Crippen LogP contribution in [0, 0.1) is 0 Å². The Kier molecular flexibility index (Phi) is 9.94. The zero-order valence-electron chi connectivity index (χ0n) is 7.17. The average molecular weight is 211 g/mol. The SMILES string of the molecule is CCCC[C@@H](C)NCSSS. The minimum Gasteiger partial charge on any atom is -0.305 e. The van der Waals surface area contributed by atoms with Crippen molar-refractivity contribution in [2.75, 3.05) is 5.88 Å². The first-order valence-corrected chi connectivity index (χ1v) is 7.34. The highest BCUT2D eigenvalue weighted by molar-refractivity contribution is 9.05. The molecule has 0 spiro atoms. The Morgan fingerprint density at radius 3 is 2.82 bits per heavy atom. The molecule has 0 aliphatic rings. The summed E-state index contributed by atoms with van der Waals surface area (Å²) in [5.41, 5.74) is 0. The summed E-state index contributed by atoms with van der Waals surface area (Å²) in [6.07, 6.45) is 3.90. The lowest BCUT2D eigenvalue weighted by Gasteiger charge is -2.11. The summed E-state index contributed by atoms with van der Waals surface area (Å²) < 4.78 is 0. The third kappa shape index (κ3) is 8.92. The molecule has 0 bridgehead atoms. The second-order valence-corrected chi connectivity index (χ2v) is 5.75. The molecule has 0 amide bonds. The lowest BCUT2D eigenvalue weighted by atomic mass is 10.1. The summed E-state index contributed by atoms with van der Waals surface area (Å²) in [7, 11) is 3.26. The maximum atomic E-state index is 4.03. The molecule has 0 rings (SSSR count). The van der Waals surface area contributed by atoms with Crippen molar-refractivity contribution >= 4 is 32.3 Å². The van der Waals surface area contributed by atoms with Gasteiger partial charge in [-0.1, -0.05) is 42.2 Å². The van der Waals surface area contributed by atoms with Crippen LogP contribution in [0.2, 0.25) is 0 Å². The average Bonchev–Trinajstić information content (AvgIpc) is 2.01. The van der Waals surface area contributed by atoms with E-state index in [-0.39, 0.29) is 0 Å². The predicted molar refractivity (Wildman–Crippen MR) is 61.2 cm³/mol. The van der Waals surface area contributed by atoms with Crippen molar-refractivity contribution in [3.63, 3.8) is 0 Å². The molecule has 1 atom stereocenters. The lowest BCUT2D eigenvalue weighted by molar-refractivity contribution is 0.531. The quantitative estimate of drug-likeness (QED) is 0.290. The third-order valence-corrected chi connectivity index (χ3v) is 3.54. The normalized spacial score (nSPS) is 13.4.